The third-order valence-corrected chi connectivity index (χ3v) is 3.08. The van der Waals surface area contributed by atoms with Gasteiger partial charge in [-0.2, -0.15) is 0 Å². The van der Waals surface area contributed by atoms with E-state index in [0.717, 1.165) is 27.8 Å². The molecule has 2 aromatic rings. The smallest absolute Gasteiger partial charge is 0.131 e. The van der Waals surface area contributed by atoms with Gasteiger partial charge in [0, 0.05) is 17.0 Å². The summed E-state index contributed by atoms with van der Waals surface area (Å²) in [6, 6.07) is 5.74. The van der Waals surface area contributed by atoms with Gasteiger partial charge < -0.3 is 9.47 Å². The summed E-state index contributed by atoms with van der Waals surface area (Å²) in [5.41, 5.74) is 1.94. The topological polar surface area (TPSA) is 31.4 Å². The van der Waals surface area contributed by atoms with Gasteiger partial charge in [-0.1, -0.05) is 0 Å². The summed E-state index contributed by atoms with van der Waals surface area (Å²) >= 11 is 1.63. The number of methoxy groups -OCH3 is 2. The van der Waals surface area contributed by atoms with Gasteiger partial charge in [0.25, 0.3) is 0 Å². The Morgan fingerprint density at radius 3 is 2.56 bits per heavy atom. The van der Waals surface area contributed by atoms with E-state index in [1.807, 2.05) is 30.5 Å². The molecule has 2 rings (SSSR count). The molecule has 0 aliphatic heterocycles. The molecule has 0 bridgehead atoms. The lowest BCUT2D eigenvalue weighted by Crippen LogP contribution is -1.90. The Morgan fingerprint density at radius 2 is 2.00 bits per heavy atom. The predicted molar refractivity (Wildman–Crippen MR) is 65.4 cm³/mol. The first-order valence-electron chi connectivity index (χ1n) is 4.89. The fourth-order valence-electron chi connectivity index (χ4n) is 1.50. The van der Waals surface area contributed by atoms with Crippen LogP contribution in [0.15, 0.2) is 23.6 Å². The summed E-state index contributed by atoms with van der Waals surface area (Å²) in [7, 11) is 3.29. The number of nitrogens with zero attached hydrogens (tertiary/aromatic N) is 1. The number of benzene rings is 1. The number of rotatable bonds is 3. The van der Waals surface area contributed by atoms with Gasteiger partial charge in [0.15, 0.2) is 0 Å². The normalized spacial score (nSPS) is 10.2. The summed E-state index contributed by atoms with van der Waals surface area (Å²) in [5.74, 6) is 1.57. The Balaban J connectivity index is 2.48. The summed E-state index contributed by atoms with van der Waals surface area (Å²) in [4.78, 5) is 4.44. The summed E-state index contributed by atoms with van der Waals surface area (Å²) < 4.78 is 10.5. The zero-order chi connectivity index (χ0) is 11.5. The molecular formula is C12H13NO2S. The fourth-order valence-corrected chi connectivity index (χ4v) is 2.11. The van der Waals surface area contributed by atoms with Crippen molar-refractivity contribution in [2.45, 2.75) is 6.92 Å². The summed E-state index contributed by atoms with van der Waals surface area (Å²) in [6.45, 7) is 1.99. The molecule has 4 heteroatoms. The second-order valence-corrected chi connectivity index (χ2v) is 4.38. The van der Waals surface area contributed by atoms with Crippen molar-refractivity contribution in [1.82, 2.24) is 4.98 Å². The van der Waals surface area contributed by atoms with Crippen LogP contribution in [-0.4, -0.2) is 19.2 Å². The highest BCUT2D eigenvalue weighted by molar-refractivity contribution is 7.09. The number of aromatic nitrogens is 1. The van der Waals surface area contributed by atoms with E-state index in [9.17, 15) is 0 Å². The number of ether oxygens (including phenoxy) is 2. The molecule has 0 spiro atoms. The van der Waals surface area contributed by atoms with Crippen LogP contribution in [0.5, 0.6) is 11.5 Å². The molecule has 1 aromatic carbocycles. The lowest BCUT2D eigenvalue weighted by atomic mass is 10.1. The minimum Gasteiger partial charge on any atom is -0.497 e. The lowest BCUT2D eigenvalue weighted by Gasteiger charge is -2.08. The van der Waals surface area contributed by atoms with Gasteiger partial charge in [-0.3, -0.25) is 0 Å². The molecule has 0 saturated heterocycles. The molecular weight excluding hydrogens is 222 g/mol. The molecule has 0 saturated carbocycles. The zero-order valence-corrected chi connectivity index (χ0v) is 10.3. The second kappa shape index (κ2) is 4.53. The maximum Gasteiger partial charge on any atom is 0.131 e. The van der Waals surface area contributed by atoms with Crippen LogP contribution >= 0.6 is 11.3 Å². The quantitative estimate of drug-likeness (QED) is 0.819. The van der Waals surface area contributed by atoms with E-state index in [0.29, 0.717) is 0 Å². The van der Waals surface area contributed by atoms with Crippen molar-refractivity contribution in [3.63, 3.8) is 0 Å². The van der Waals surface area contributed by atoms with Crippen molar-refractivity contribution in [2.24, 2.45) is 0 Å². The molecule has 3 nitrogen and oxygen atoms in total. The maximum absolute atomic E-state index is 5.34. The van der Waals surface area contributed by atoms with Crippen LogP contribution in [0.3, 0.4) is 0 Å². The van der Waals surface area contributed by atoms with Crippen molar-refractivity contribution in [2.75, 3.05) is 14.2 Å². The Hall–Kier alpha value is -1.55. The standard InChI is InChI=1S/C12H13NO2S/c1-8-13-11(7-16-8)10-5-4-9(14-2)6-12(10)15-3/h4-7H,1-3H3. The Kier molecular flexibility index (Phi) is 3.10. The maximum atomic E-state index is 5.34. The molecule has 0 aliphatic carbocycles. The van der Waals surface area contributed by atoms with Gasteiger partial charge in [0.2, 0.25) is 0 Å². The molecule has 0 atom stereocenters. The van der Waals surface area contributed by atoms with Crippen molar-refractivity contribution in [3.8, 4) is 22.8 Å². The van der Waals surface area contributed by atoms with Gasteiger partial charge >= 0.3 is 0 Å². The van der Waals surface area contributed by atoms with E-state index in [1.165, 1.54) is 0 Å². The van der Waals surface area contributed by atoms with Crippen molar-refractivity contribution >= 4 is 11.3 Å². The minimum atomic E-state index is 0.782. The van der Waals surface area contributed by atoms with E-state index in [1.54, 1.807) is 25.6 Å². The molecule has 1 aromatic heterocycles. The van der Waals surface area contributed by atoms with Gasteiger partial charge in [0.05, 0.1) is 24.9 Å². The van der Waals surface area contributed by atoms with Crippen molar-refractivity contribution in [1.29, 1.82) is 0 Å². The van der Waals surface area contributed by atoms with Gasteiger partial charge in [-0.05, 0) is 19.1 Å². The fraction of sp³-hybridized carbons (Fsp3) is 0.250. The Morgan fingerprint density at radius 1 is 1.19 bits per heavy atom. The first-order valence-corrected chi connectivity index (χ1v) is 5.77. The Labute approximate surface area is 98.7 Å². The van der Waals surface area contributed by atoms with E-state index < -0.39 is 0 Å². The van der Waals surface area contributed by atoms with E-state index in [2.05, 4.69) is 4.98 Å². The summed E-state index contributed by atoms with van der Waals surface area (Å²) in [6.07, 6.45) is 0. The van der Waals surface area contributed by atoms with Crippen LogP contribution in [0.2, 0.25) is 0 Å². The van der Waals surface area contributed by atoms with E-state index >= 15 is 0 Å². The van der Waals surface area contributed by atoms with Crippen LogP contribution in [0.1, 0.15) is 5.01 Å². The average molecular weight is 235 g/mol. The molecule has 0 unspecified atom stereocenters. The SMILES string of the molecule is COc1ccc(-c2csc(C)n2)c(OC)c1. The number of hydrogen-bond acceptors (Lipinski definition) is 4. The van der Waals surface area contributed by atoms with Crippen LogP contribution < -0.4 is 9.47 Å². The Bertz CT molecular complexity index is 494. The molecule has 84 valence electrons. The highest BCUT2D eigenvalue weighted by Gasteiger charge is 2.09. The molecule has 16 heavy (non-hydrogen) atoms. The van der Waals surface area contributed by atoms with Crippen LogP contribution in [-0.2, 0) is 0 Å². The first-order chi connectivity index (χ1) is 7.74. The van der Waals surface area contributed by atoms with Gasteiger partial charge in [0.1, 0.15) is 11.5 Å². The van der Waals surface area contributed by atoms with Crippen LogP contribution in [0.25, 0.3) is 11.3 Å². The number of aryl methyl sites for hydroxylation is 1. The third-order valence-electron chi connectivity index (χ3n) is 2.30. The monoisotopic (exact) mass is 235 g/mol. The molecule has 0 amide bonds. The van der Waals surface area contributed by atoms with Gasteiger partial charge in [-0.25, -0.2) is 4.98 Å². The third kappa shape index (κ3) is 2.02. The molecule has 0 fully saturated rings. The molecule has 0 radical (unpaired) electrons. The lowest BCUT2D eigenvalue weighted by molar-refractivity contribution is 0.395. The van der Waals surface area contributed by atoms with Crippen molar-refractivity contribution in [3.05, 3.63) is 28.6 Å². The summed E-state index contributed by atoms with van der Waals surface area (Å²) in [5, 5.41) is 3.08. The number of hydrogen-bond donors (Lipinski definition) is 0. The average Bonchev–Trinajstić information content (AvgIpc) is 2.74. The van der Waals surface area contributed by atoms with Crippen LogP contribution in [0, 0.1) is 6.92 Å². The highest BCUT2D eigenvalue weighted by Crippen LogP contribution is 2.33. The number of thiazole rings is 1. The zero-order valence-electron chi connectivity index (χ0n) is 9.48. The molecule has 0 aliphatic rings. The van der Waals surface area contributed by atoms with E-state index in [-0.39, 0.29) is 0 Å². The highest BCUT2D eigenvalue weighted by atomic mass is 32.1. The minimum absolute atomic E-state index is 0.782. The van der Waals surface area contributed by atoms with E-state index in [4.69, 9.17) is 9.47 Å². The largest absolute Gasteiger partial charge is 0.497 e. The molecule has 1 heterocycles. The second-order valence-electron chi connectivity index (χ2n) is 3.32. The molecule has 0 N–H and O–H groups in total. The van der Waals surface area contributed by atoms with Crippen LogP contribution in [0.4, 0.5) is 0 Å². The van der Waals surface area contributed by atoms with Gasteiger partial charge in [-0.15, -0.1) is 11.3 Å². The predicted octanol–water partition coefficient (Wildman–Crippen LogP) is 3.14. The first kappa shape index (κ1) is 11.0. The van der Waals surface area contributed by atoms with Crippen molar-refractivity contribution < 1.29 is 9.47 Å².